The Morgan fingerprint density at radius 3 is 2.76 bits per heavy atom. The molecule has 0 aliphatic heterocycles. The van der Waals surface area contributed by atoms with Crippen molar-refractivity contribution in [3.8, 4) is 21.7 Å². The predicted octanol–water partition coefficient (Wildman–Crippen LogP) is 5.02. The van der Waals surface area contributed by atoms with Crippen LogP contribution in [0.5, 0.6) is 0 Å². The van der Waals surface area contributed by atoms with E-state index in [1.54, 1.807) is 43.5 Å². The van der Waals surface area contributed by atoms with Gasteiger partial charge in [0.05, 0.1) is 22.1 Å². The van der Waals surface area contributed by atoms with Gasteiger partial charge in [-0.15, -0.1) is 11.3 Å². The van der Waals surface area contributed by atoms with Crippen molar-refractivity contribution in [1.82, 2.24) is 19.9 Å². The first-order valence-corrected chi connectivity index (χ1v) is 12.0. The number of anilines is 1. The Morgan fingerprint density at radius 2 is 2.09 bits per heavy atom. The Balaban J connectivity index is 1.49. The van der Waals surface area contributed by atoms with Crippen molar-refractivity contribution in [1.29, 1.82) is 0 Å². The summed E-state index contributed by atoms with van der Waals surface area (Å²) in [5, 5.41) is 15.2. The minimum absolute atomic E-state index is 0.206. The van der Waals surface area contributed by atoms with Crippen LogP contribution >= 0.6 is 22.9 Å². The van der Waals surface area contributed by atoms with Gasteiger partial charge >= 0.3 is 0 Å². The number of likely N-dealkylation sites (N-methyl/N-ethyl adjacent to an activating group) is 1. The second-order valence-electron chi connectivity index (χ2n) is 8.82. The molecule has 3 aromatic heterocycles. The summed E-state index contributed by atoms with van der Waals surface area (Å²) in [5.74, 6) is -0.698. The summed E-state index contributed by atoms with van der Waals surface area (Å²) >= 11 is 7.94. The maximum Gasteiger partial charge on any atom is 0.238 e. The van der Waals surface area contributed by atoms with Crippen LogP contribution in [0.4, 0.5) is 10.1 Å². The first kappa shape index (κ1) is 22.9. The number of rotatable bonds is 6. The van der Waals surface area contributed by atoms with Crippen LogP contribution in [0.2, 0.25) is 5.02 Å². The maximum absolute atomic E-state index is 15.0. The highest BCUT2D eigenvalue weighted by molar-refractivity contribution is 7.15. The summed E-state index contributed by atoms with van der Waals surface area (Å²) in [5.41, 5.74) is 1.73. The molecule has 0 bridgehead atoms. The molecule has 34 heavy (non-hydrogen) atoms. The number of hydrogen-bond acceptors (Lipinski definition) is 6. The minimum Gasteiger partial charge on any atom is -0.383 e. The number of benzene rings is 1. The Morgan fingerprint density at radius 1 is 1.29 bits per heavy atom. The van der Waals surface area contributed by atoms with Gasteiger partial charge in [-0.25, -0.2) is 14.4 Å². The maximum atomic E-state index is 15.0. The highest BCUT2D eigenvalue weighted by atomic mass is 35.5. The fraction of sp³-hybridized carbons (Fsp3) is 0.292. The van der Waals surface area contributed by atoms with Gasteiger partial charge in [-0.3, -0.25) is 4.79 Å². The topological polar surface area (TPSA) is 94.1 Å². The van der Waals surface area contributed by atoms with Gasteiger partial charge in [0.15, 0.2) is 0 Å². The summed E-state index contributed by atoms with van der Waals surface area (Å²) < 4.78 is 15.0. The average molecular weight is 500 g/mol. The number of amides is 1. The van der Waals surface area contributed by atoms with Crippen LogP contribution in [0, 0.1) is 5.82 Å². The van der Waals surface area contributed by atoms with Crippen LogP contribution in [0.25, 0.3) is 32.7 Å². The van der Waals surface area contributed by atoms with Crippen LogP contribution in [-0.2, 0) is 10.4 Å². The molecule has 3 heterocycles. The Kier molecular flexibility index (Phi) is 5.89. The lowest BCUT2D eigenvalue weighted by Gasteiger charge is -2.34. The second kappa shape index (κ2) is 8.74. The number of halogens is 2. The number of aromatic nitrogens is 3. The summed E-state index contributed by atoms with van der Waals surface area (Å²) in [6.07, 6.45) is 5.67. The molecule has 4 aromatic rings. The van der Waals surface area contributed by atoms with E-state index in [4.69, 9.17) is 11.6 Å². The SMILES string of the molecule is CN(C)CC(=O)Nc1ccc(-c2cc3c(-c4cnc(C5(O)CCC5)s4)c(Cl)cnc3[nH]2)c(F)c1. The molecule has 0 spiro atoms. The van der Waals surface area contributed by atoms with E-state index in [1.165, 1.54) is 17.4 Å². The van der Waals surface area contributed by atoms with E-state index >= 15 is 0 Å². The molecule has 1 aliphatic carbocycles. The van der Waals surface area contributed by atoms with E-state index in [1.807, 2.05) is 6.07 Å². The number of aliphatic hydroxyl groups is 1. The van der Waals surface area contributed by atoms with Crippen molar-refractivity contribution in [3.63, 3.8) is 0 Å². The molecular formula is C24H23ClFN5O2S. The lowest BCUT2D eigenvalue weighted by molar-refractivity contribution is -0.116. The van der Waals surface area contributed by atoms with E-state index < -0.39 is 11.4 Å². The largest absolute Gasteiger partial charge is 0.383 e. The van der Waals surface area contributed by atoms with Gasteiger partial charge in [-0.1, -0.05) is 11.6 Å². The first-order chi connectivity index (χ1) is 16.2. The number of pyridine rings is 1. The molecule has 3 N–H and O–H groups in total. The highest BCUT2D eigenvalue weighted by Gasteiger charge is 2.39. The monoisotopic (exact) mass is 499 g/mol. The Labute approximate surface area is 204 Å². The zero-order chi connectivity index (χ0) is 24.0. The van der Waals surface area contributed by atoms with Gasteiger partial charge in [0, 0.05) is 34.6 Å². The van der Waals surface area contributed by atoms with Crippen molar-refractivity contribution < 1.29 is 14.3 Å². The molecule has 0 unspecified atom stereocenters. The zero-order valence-electron chi connectivity index (χ0n) is 18.7. The van der Waals surface area contributed by atoms with Crippen LogP contribution in [-0.4, -0.2) is 51.5 Å². The zero-order valence-corrected chi connectivity index (χ0v) is 20.2. The number of thiazole rings is 1. The molecule has 5 rings (SSSR count). The molecule has 1 aliphatic rings. The van der Waals surface area contributed by atoms with Gasteiger partial charge in [0.25, 0.3) is 0 Å². The molecule has 10 heteroatoms. The number of fused-ring (bicyclic) bond motifs is 1. The number of nitrogens with one attached hydrogen (secondary N) is 2. The number of hydrogen-bond donors (Lipinski definition) is 3. The molecule has 0 radical (unpaired) electrons. The van der Waals surface area contributed by atoms with Gasteiger partial charge < -0.3 is 20.3 Å². The van der Waals surface area contributed by atoms with Crippen LogP contribution in [0.1, 0.15) is 24.3 Å². The molecule has 176 valence electrons. The quantitative estimate of drug-likeness (QED) is 0.346. The van der Waals surface area contributed by atoms with E-state index in [9.17, 15) is 14.3 Å². The van der Waals surface area contributed by atoms with E-state index in [0.29, 0.717) is 45.5 Å². The predicted molar refractivity (Wildman–Crippen MR) is 133 cm³/mol. The van der Waals surface area contributed by atoms with Crippen molar-refractivity contribution >= 4 is 45.6 Å². The third kappa shape index (κ3) is 4.20. The summed E-state index contributed by atoms with van der Waals surface area (Å²) in [6, 6.07) is 6.38. The lowest BCUT2D eigenvalue weighted by Crippen LogP contribution is -2.33. The molecule has 0 saturated heterocycles. The van der Waals surface area contributed by atoms with Gasteiger partial charge in [0.1, 0.15) is 22.1 Å². The molecular weight excluding hydrogens is 477 g/mol. The molecule has 1 aromatic carbocycles. The molecule has 1 amide bonds. The first-order valence-electron chi connectivity index (χ1n) is 10.8. The Bertz CT molecular complexity index is 1400. The van der Waals surface area contributed by atoms with Crippen molar-refractivity contribution in [3.05, 3.63) is 52.5 Å². The molecule has 1 fully saturated rings. The van der Waals surface area contributed by atoms with Crippen LogP contribution in [0.15, 0.2) is 36.7 Å². The summed E-state index contributed by atoms with van der Waals surface area (Å²) in [4.78, 5) is 26.5. The van der Waals surface area contributed by atoms with Crippen molar-refractivity contribution in [2.24, 2.45) is 0 Å². The standard InChI is InChI=1S/C24H23ClFN5O2S/c1-31(2)12-20(32)29-13-4-5-14(17(26)8-13)18-9-15-21(16(25)10-27-22(15)30-18)19-11-28-23(34-19)24(33)6-3-7-24/h4-5,8-11,33H,3,6-7,12H2,1-2H3,(H,27,30)(H,29,32). The number of H-pyrrole nitrogens is 1. The number of carbonyl (C=O) groups excluding carboxylic acids is 1. The number of aromatic amines is 1. The van der Waals surface area contributed by atoms with E-state index in [0.717, 1.165) is 22.2 Å². The van der Waals surface area contributed by atoms with Crippen LogP contribution in [0.3, 0.4) is 0 Å². The Hall–Kier alpha value is -2.85. The smallest absolute Gasteiger partial charge is 0.238 e. The third-order valence-electron chi connectivity index (χ3n) is 5.95. The molecule has 0 atom stereocenters. The number of nitrogens with zero attached hydrogens (tertiary/aromatic N) is 3. The van der Waals surface area contributed by atoms with E-state index in [-0.39, 0.29) is 12.5 Å². The second-order valence-corrected chi connectivity index (χ2v) is 10.3. The van der Waals surface area contributed by atoms with Gasteiger partial charge in [-0.2, -0.15) is 0 Å². The third-order valence-corrected chi connectivity index (χ3v) is 7.44. The highest BCUT2D eigenvalue weighted by Crippen LogP contribution is 2.46. The summed E-state index contributed by atoms with van der Waals surface area (Å²) in [6.45, 7) is 0.206. The van der Waals surface area contributed by atoms with Crippen LogP contribution < -0.4 is 5.32 Å². The van der Waals surface area contributed by atoms with E-state index in [2.05, 4.69) is 20.3 Å². The molecule has 1 saturated carbocycles. The number of carbonyl (C=O) groups is 1. The minimum atomic E-state index is -0.850. The lowest BCUT2D eigenvalue weighted by atomic mass is 9.81. The fourth-order valence-electron chi connectivity index (χ4n) is 4.08. The fourth-order valence-corrected chi connectivity index (χ4v) is 5.52. The van der Waals surface area contributed by atoms with Gasteiger partial charge in [-0.05, 0) is 57.6 Å². The summed E-state index contributed by atoms with van der Waals surface area (Å²) in [7, 11) is 3.58. The van der Waals surface area contributed by atoms with Crippen molar-refractivity contribution in [2.75, 3.05) is 26.0 Å². The van der Waals surface area contributed by atoms with Gasteiger partial charge in [0.2, 0.25) is 5.91 Å². The average Bonchev–Trinajstić information content (AvgIpc) is 3.39. The van der Waals surface area contributed by atoms with Crippen molar-refractivity contribution in [2.45, 2.75) is 24.9 Å². The normalized spacial score (nSPS) is 15.0. The molecule has 7 nitrogen and oxygen atoms in total.